The summed E-state index contributed by atoms with van der Waals surface area (Å²) in [5.41, 5.74) is -0.663. The number of hydrogen-bond donors (Lipinski definition) is 2. The second-order valence-electron chi connectivity index (χ2n) is 12.0. The van der Waals surface area contributed by atoms with Crippen molar-refractivity contribution in [1.29, 1.82) is 0 Å². The first-order valence-electron chi connectivity index (χ1n) is 15.3. The van der Waals surface area contributed by atoms with Crippen LogP contribution in [0.5, 0.6) is 0 Å². The maximum atomic E-state index is 14.3. The number of hydrogen-bond acceptors (Lipinski definition) is 8. The van der Waals surface area contributed by atoms with E-state index in [1.807, 2.05) is 19.9 Å². The summed E-state index contributed by atoms with van der Waals surface area (Å²) in [6.45, 7) is 11.1. The van der Waals surface area contributed by atoms with Crippen LogP contribution in [0.2, 0.25) is 0 Å². The van der Waals surface area contributed by atoms with Crippen LogP contribution in [0.15, 0.2) is 55.6 Å². The minimum Gasteiger partial charge on any atom is -0.455 e. The Morgan fingerprint density at radius 1 is 1.24 bits per heavy atom. The summed E-state index contributed by atoms with van der Waals surface area (Å²) in [5, 5.41) is 12.8. The number of rotatable bonds is 16. The number of aliphatic hydroxyl groups excluding tert-OH is 1. The average molecular weight is 691 g/mol. The summed E-state index contributed by atoms with van der Waals surface area (Å²) in [6, 6.07) is 7.06. The number of methoxy groups -OCH3 is 1. The van der Waals surface area contributed by atoms with Gasteiger partial charge in [-0.1, -0.05) is 58.4 Å². The highest BCUT2D eigenvalue weighted by Crippen LogP contribution is 2.60. The van der Waals surface area contributed by atoms with Crippen LogP contribution >= 0.6 is 15.9 Å². The molecule has 1 unspecified atom stereocenters. The number of likely N-dealkylation sites (tertiary alicyclic amines) is 1. The Morgan fingerprint density at radius 3 is 2.56 bits per heavy atom. The molecule has 12 heteroatoms. The van der Waals surface area contributed by atoms with E-state index in [0.717, 1.165) is 0 Å². The van der Waals surface area contributed by atoms with Gasteiger partial charge in [-0.05, 0) is 32.3 Å². The van der Waals surface area contributed by atoms with Gasteiger partial charge in [0.15, 0.2) is 0 Å². The lowest BCUT2D eigenvalue weighted by molar-refractivity contribution is -0.163. The monoisotopic (exact) mass is 689 g/mol. The molecule has 0 saturated carbocycles. The van der Waals surface area contributed by atoms with Crippen molar-refractivity contribution >= 4 is 39.6 Å². The Hall–Kier alpha value is -3.06. The van der Waals surface area contributed by atoms with Crippen LogP contribution in [0.4, 0.5) is 0 Å². The van der Waals surface area contributed by atoms with Gasteiger partial charge in [0, 0.05) is 37.5 Å². The van der Waals surface area contributed by atoms with E-state index < -0.39 is 53.6 Å². The molecule has 1 aromatic rings. The summed E-state index contributed by atoms with van der Waals surface area (Å²) in [5.74, 6) is -3.72. The first kappa shape index (κ1) is 34.8. The molecule has 0 radical (unpaired) electrons. The van der Waals surface area contributed by atoms with E-state index in [1.54, 1.807) is 41.3 Å². The van der Waals surface area contributed by atoms with Gasteiger partial charge < -0.3 is 34.4 Å². The third-order valence-corrected chi connectivity index (χ3v) is 9.72. The number of carbonyl (C=O) groups excluding carboxylic acids is 4. The molecule has 1 aromatic carbocycles. The Bertz CT molecular complexity index is 1260. The summed E-state index contributed by atoms with van der Waals surface area (Å²) in [7, 11) is 1.49. The molecule has 45 heavy (non-hydrogen) atoms. The fourth-order valence-corrected chi connectivity index (χ4v) is 7.95. The Kier molecular flexibility index (Phi) is 11.6. The molecule has 3 amide bonds. The van der Waals surface area contributed by atoms with Gasteiger partial charge in [-0.15, -0.1) is 13.2 Å². The third kappa shape index (κ3) is 6.74. The van der Waals surface area contributed by atoms with Gasteiger partial charge in [0.2, 0.25) is 17.7 Å². The van der Waals surface area contributed by atoms with Gasteiger partial charge in [-0.3, -0.25) is 19.2 Å². The molecule has 0 aliphatic carbocycles. The quantitative estimate of drug-likeness (QED) is 0.154. The van der Waals surface area contributed by atoms with E-state index in [-0.39, 0.29) is 55.4 Å². The number of fused-ring (bicyclic) bond motifs is 1. The van der Waals surface area contributed by atoms with Gasteiger partial charge in [0.05, 0.1) is 37.2 Å². The van der Waals surface area contributed by atoms with Gasteiger partial charge in [-0.2, -0.15) is 0 Å². The van der Waals surface area contributed by atoms with Crippen LogP contribution in [0.25, 0.3) is 0 Å². The number of aliphatic hydroxyl groups is 1. The lowest BCUT2D eigenvalue weighted by Crippen LogP contribution is -2.58. The number of benzene rings is 1. The second-order valence-corrected chi connectivity index (χ2v) is 13.2. The molecule has 2 bridgehead atoms. The average Bonchev–Trinajstić information content (AvgIpc) is 3.60. The van der Waals surface area contributed by atoms with Crippen molar-refractivity contribution in [3.8, 4) is 0 Å². The number of allylic oxidation sites excluding steroid dienone is 1. The first-order chi connectivity index (χ1) is 21.6. The van der Waals surface area contributed by atoms with Gasteiger partial charge in [-0.25, -0.2) is 0 Å². The largest absolute Gasteiger partial charge is 0.455 e. The number of carbonyl (C=O) groups is 4. The van der Waals surface area contributed by atoms with Crippen molar-refractivity contribution in [3.05, 3.63) is 61.2 Å². The smallest absolute Gasteiger partial charge is 0.313 e. The van der Waals surface area contributed by atoms with E-state index in [9.17, 15) is 24.3 Å². The Balaban J connectivity index is 1.70. The predicted octanol–water partition coefficient (Wildman–Crippen LogP) is 2.53. The van der Waals surface area contributed by atoms with Crippen molar-refractivity contribution < 1.29 is 38.5 Å². The summed E-state index contributed by atoms with van der Waals surface area (Å²) in [4.78, 5) is 58.0. The highest BCUT2D eigenvalue weighted by atomic mass is 79.9. The summed E-state index contributed by atoms with van der Waals surface area (Å²) < 4.78 is 18.2. The molecule has 1 spiro atoms. The molecular weight excluding hydrogens is 646 g/mol. The topological polar surface area (TPSA) is 135 Å². The number of β-amino-alcohol motifs (C(OH)–C–C–N with tert-alkyl or cyclic N) is 1. The van der Waals surface area contributed by atoms with Gasteiger partial charge in [0.25, 0.3) is 0 Å². The molecule has 246 valence electrons. The van der Waals surface area contributed by atoms with Crippen LogP contribution in [0, 0.1) is 11.8 Å². The maximum Gasteiger partial charge on any atom is 0.313 e. The molecule has 3 saturated heterocycles. The third-order valence-electron chi connectivity index (χ3n) is 8.87. The molecule has 8 atom stereocenters. The van der Waals surface area contributed by atoms with Crippen LogP contribution < -0.4 is 5.32 Å². The number of alkyl halides is 1. The van der Waals surface area contributed by atoms with Crippen molar-refractivity contribution in [2.24, 2.45) is 11.8 Å². The molecule has 4 rings (SSSR count). The number of nitrogens with zero attached hydrogens (tertiary/aromatic N) is 2. The second kappa shape index (κ2) is 15.0. The SMILES string of the molecule is C=CCCC(=O)N[C@H](COC)[C@H](OC(=O)[C@@H]1[C@H]2O[C@@]3(CC2Br)[C@H](C(=O)N(CC=C)C(C)C)N(CCO)C(=O)[C@@H]13)c1ccccc1. The molecule has 3 aliphatic rings. The normalized spacial score (nSPS) is 28.0. The van der Waals surface area contributed by atoms with Crippen molar-refractivity contribution in [1.82, 2.24) is 15.1 Å². The number of halogens is 1. The van der Waals surface area contributed by atoms with Crippen molar-refractivity contribution in [3.63, 3.8) is 0 Å². The minimum atomic E-state index is -1.30. The van der Waals surface area contributed by atoms with Crippen LogP contribution in [0.1, 0.15) is 44.8 Å². The molecule has 11 nitrogen and oxygen atoms in total. The molecular formula is C33H44BrN3O8. The number of ether oxygens (including phenoxy) is 3. The van der Waals surface area contributed by atoms with E-state index in [1.165, 1.54) is 12.0 Å². The Labute approximate surface area is 273 Å². The fourth-order valence-electron chi connectivity index (χ4n) is 7.00. The highest BCUT2D eigenvalue weighted by Gasteiger charge is 2.77. The lowest BCUT2D eigenvalue weighted by atomic mass is 9.70. The number of esters is 1. The van der Waals surface area contributed by atoms with Gasteiger partial charge >= 0.3 is 5.97 Å². The number of nitrogens with one attached hydrogen (secondary N) is 1. The zero-order valence-corrected chi connectivity index (χ0v) is 27.7. The summed E-state index contributed by atoms with van der Waals surface area (Å²) >= 11 is 3.67. The minimum absolute atomic E-state index is 0.0554. The van der Waals surface area contributed by atoms with Crippen LogP contribution in [-0.2, 0) is 33.4 Å². The van der Waals surface area contributed by atoms with E-state index >= 15 is 0 Å². The Morgan fingerprint density at radius 2 is 1.96 bits per heavy atom. The lowest BCUT2D eigenvalue weighted by Gasteiger charge is -2.38. The van der Waals surface area contributed by atoms with Crippen LogP contribution in [0.3, 0.4) is 0 Å². The molecule has 3 fully saturated rings. The fraction of sp³-hybridized carbons (Fsp3) is 0.576. The standard InChI is InChI=1S/C33H44BrN3O8/c1-6-8-14-24(39)35-23(19-43-5)27(21-12-10-9-11-13-21)44-32(42)25-26-30(40)37(16-17-38)29(31(41)36(15-7-2)20(3)4)33(26)18-22(34)28(25)45-33/h6-7,9-13,20,22-23,25-29,38H,1-2,8,14-19H2,3-5H3,(H,35,39)/t22?,23-,25+,26-,27-,28+,29+,33-/m1/s1. The first-order valence-corrected chi connectivity index (χ1v) is 16.3. The van der Waals surface area contributed by atoms with Crippen molar-refractivity contribution in [2.45, 2.75) is 73.9 Å². The van der Waals surface area contributed by atoms with Gasteiger partial charge in [0.1, 0.15) is 17.7 Å². The number of amides is 3. The van der Waals surface area contributed by atoms with E-state index in [0.29, 0.717) is 18.4 Å². The highest BCUT2D eigenvalue weighted by molar-refractivity contribution is 9.09. The molecule has 3 heterocycles. The van der Waals surface area contributed by atoms with E-state index in [2.05, 4.69) is 34.4 Å². The zero-order chi connectivity index (χ0) is 32.9. The molecule has 2 N–H and O–H groups in total. The van der Waals surface area contributed by atoms with Crippen molar-refractivity contribution in [2.75, 3.05) is 33.4 Å². The zero-order valence-electron chi connectivity index (χ0n) is 26.1. The maximum absolute atomic E-state index is 14.3. The predicted molar refractivity (Wildman–Crippen MR) is 170 cm³/mol. The van der Waals surface area contributed by atoms with Crippen LogP contribution in [-0.4, -0.2) is 107 Å². The molecule has 3 aliphatic heterocycles. The molecule has 0 aromatic heterocycles. The van der Waals surface area contributed by atoms with E-state index in [4.69, 9.17) is 14.2 Å². The summed E-state index contributed by atoms with van der Waals surface area (Å²) in [6.07, 6.45) is 2.60.